The summed E-state index contributed by atoms with van der Waals surface area (Å²) in [6, 6.07) is 5.63. The molecule has 0 radical (unpaired) electrons. The van der Waals surface area contributed by atoms with Gasteiger partial charge in [-0.15, -0.1) is 0 Å². The first-order chi connectivity index (χ1) is 14.8. The molecule has 0 aromatic heterocycles. The minimum atomic E-state index is -2.28. The number of halogens is 5. The summed E-state index contributed by atoms with van der Waals surface area (Å²) in [6.07, 6.45) is 0. The van der Waals surface area contributed by atoms with E-state index in [0.717, 1.165) is 5.56 Å². The van der Waals surface area contributed by atoms with Gasteiger partial charge < -0.3 is 19.1 Å². The Labute approximate surface area is 173 Å². The molecule has 2 aromatic rings. The molecule has 4 rings (SSSR count). The Bertz CT molecular complexity index is 983. The van der Waals surface area contributed by atoms with Gasteiger partial charge in [0.15, 0.2) is 23.9 Å². The van der Waals surface area contributed by atoms with Gasteiger partial charge in [0, 0.05) is 32.7 Å². The predicted molar refractivity (Wildman–Crippen MR) is 96.1 cm³/mol. The van der Waals surface area contributed by atoms with Crippen molar-refractivity contribution in [2.24, 2.45) is 0 Å². The zero-order chi connectivity index (χ0) is 22.1. The van der Waals surface area contributed by atoms with Gasteiger partial charge in [0.1, 0.15) is 0 Å². The molecule has 0 saturated carbocycles. The maximum Gasteiger partial charge on any atom is 0.260 e. The molecule has 11 heteroatoms. The number of hydrogen-bond acceptors (Lipinski definition) is 5. The molecule has 0 N–H and O–H groups in total. The fourth-order valence-corrected chi connectivity index (χ4v) is 3.39. The summed E-state index contributed by atoms with van der Waals surface area (Å²) in [4.78, 5) is 15.8. The number of rotatable bonds is 5. The number of piperazine rings is 1. The molecule has 0 bridgehead atoms. The van der Waals surface area contributed by atoms with Gasteiger partial charge in [-0.3, -0.25) is 9.69 Å². The van der Waals surface area contributed by atoms with Crippen LogP contribution in [0.3, 0.4) is 0 Å². The molecule has 1 fully saturated rings. The third-order valence-corrected chi connectivity index (χ3v) is 5.08. The number of benzene rings is 2. The number of carbonyl (C=O) groups is 1. The second-order valence-electron chi connectivity index (χ2n) is 7.03. The maximum absolute atomic E-state index is 13.6. The van der Waals surface area contributed by atoms with Crippen LogP contribution < -0.4 is 14.2 Å². The summed E-state index contributed by atoms with van der Waals surface area (Å²) in [7, 11) is 0. The van der Waals surface area contributed by atoms with Crippen molar-refractivity contribution < 1.29 is 41.0 Å². The summed E-state index contributed by atoms with van der Waals surface area (Å²) < 4.78 is 82.1. The van der Waals surface area contributed by atoms with Crippen molar-refractivity contribution in [3.8, 4) is 17.2 Å². The van der Waals surface area contributed by atoms with E-state index in [1.807, 2.05) is 18.2 Å². The van der Waals surface area contributed by atoms with Crippen LogP contribution >= 0.6 is 0 Å². The minimum absolute atomic E-state index is 0.187. The molecular weight excluding hydrogens is 427 g/mol. The highest BCUT2D eigenvalue weighted by molar-refractivity contribution is 5.77. The number of carbonyl (C=O) groups excluding carboxylic acids is 1. The van der Waals surface area contributed by atoms with E-state index in [1.165, 1.54) is 4.90 Å². The molecular formula is C20H17F5N2O4. The van der Waals surface area contributed by atoms with Crippen molar-refractivity contribution in [2.45, 2.75) is 6.54 Å². The number of amides is 1. The number of fused-ring (bicyclic) bond motifs is 1. The normalized spacial score (nSPS) is 16.0. The Kier molecular flexibility index (Phi) is 5.86. The molecule has 0 aliphatic carbocycles. The Morgan fingerprint density at radius 3 is 2.16 bits per heavy atom. The van der Waals surface area contributed by atoms with Crippen LogP contribution in [0.2, 0.25) is 0 Å². The van der Waals surface area contributed by atoms with Crippen molar-refractivity contribution in [1.82, 2.24) is 9.80 Å². The van der Waals surface area contributed by atoms with Crippen molar-refractivity contribution in [3.05, 3.63) is 52.8 Å². The lowest BCUT2D eigenvalue weighted by Crippen LogP contribution is -2.49. The average molecular weight is 444 g/mol. The van der Waals surface area contributed by atoms with Crippen LogP contribution in [0.25, 0.3) is 0 Å². The average Bonchev–Trinajstić information content (AvgIpc) is 3.24. The Morgan fingerprint density at radius 1 is 0.871 bits per heavy atom. The third-order valence-electron chi connectivity index (χ3n) is 5.08. The topological polar surface area (TPSA) is 51.2 Å². The highest BCUT2D eigenvalue weighted by atomic mass is 19.2. The summed E-state index contributed by atoms with van der Waals surface area (Å²) in [5, 5.41) is 0. The quantitative estimate of drug-likeness (QED) is 0.404. The van der Waals surface area contributed by atoms with Crippen LogP contribution in [0.15, 0.2) is 18.2 Å². The Hall–Kier alpha value is -3.08. The molecule has 2 aliphatic rings. The van der Waals surface area contributed by atoms with Crippen LogP contribution in [0.1, 0.15) is 5.56 Å². The lowest BCUT2D eigenvalue weighted by atomic mass is 10.1. The highest BCUT2D eigenvalue weighted by Gasteiger charge is 2.28. The molecule has 6 nitrogen and oxygen atoms in total. The summed E-state index contributed by atoms with van der Waals surface area (Å²) >= 11 is 0. The van der Waals surface area contributed by atoms with Gasteiger partial charge in [0.2, 0.25) is 35.9 Å². The fourth-order valence-electron chi connectivity index (χ4n) is 3.39. The van der Waals surface area contributed by atoms with E-state index < -0.39 is 47.3 Å². The van der Waals surface area contributed by atoms with Crippen molar-refractivity contribution in [3.63, 3.8) is 0 Å². The molecule has 2 heterocycles. The van der Waals surface area contributed by atoms with Gasteiger partial charge >= 0.3 is 0 Å². The summed E-state index contributed by atoms with van der Waals surface area (Å²) in [6.45, 7) is 1.67. The van der Waals surface area contributed by atoms with E-state index >= 15 is 0 Å². The summed E-state index contributed by atoms with van der Waals surface area (Å²) in [5.41, 5.74) is 1.01. The van der Waals surface area contributed by atoms with E-state index in [9.17, 15) is 26.7 Å². The monoisotopic (exact) mass is 444 g/mol. The lowest BCUT2D eigenvalue weighted by Gasteiger charge is -2.34. The summed E-state index contributed by atoms with van der Waals surface area (Å²) in [5.74, 6) is -11.5. The van der Waals surface area contributed by atoms with Crippen LogP contribution in [-0.2, 0) is 11.3 Å². The largest absolute Gasteiger partial charge is 0.477 e. The molecule has 0 spiro atoms. The van der Waals surface area contributed by atoms with Gasteiger partial charge in [0.05, 0.1) is 0 Å². The van der Waals surface area contributed by atoms with Crippen LogP contribution in [-0.4, -0.2) is 55.3 Å². The molecule has 2 aliphatic heterocycles. The third kappa shape index (κ3) is 4.22. The number of ether oxygens (including phenoxy) is 3. The van der Waals surface area contributed by atoms with E-state index in [2.05, 4.69) is 9.64 Å². The van der Waals surface area contributed by atoms with E-state index in [1.54, 1.807) is 0 Å². The van der Waals surface area contributed by atoms with Gasteiger partial charge in [-0.1, -0.05) is 6.07 Å². The van der Waals surface area contributed by atoms with Gasteiger partial charge in [0.25, 0.3) is 5.91 Å². The second-order valence-corrected chi connectivity index (χ2v) is 7.03. The van der Waals surface area contributed by atoms with Gasteiger partial charge in [-0.2, -0.15) is 8.78 Å². The molecule has 1 saturated heterocycles. The van der Waals surface area contributed by atoms with Gasteiger partial charge in [-0.05, 0) is 17.7 Å². The Morgan fingerprint density at radius 2 is 1.48 bits per heavy atom. The first-order valence-corrected chi connectivity index (χ1v) is 9.38. The number of hydrogen-bond donors (Lipinski definition) is 0. The molecule has 0 atom stereocenters. The standard InChI is InChI=1S/C20H17F5N2O4/c21-15-16(22)18(24)20(19(25)17(15)23)29-9-14(28)27-5-3-26(4-6-27)8-11-1-2-12-13(7-11)31-10-30-12/h1-2,7H,3-6,8-10H2. The zero-order valence-corrected chi connectivity index (χ0v) is 16.1. The van der Waals surface area contributed by atoms with Crippen molar-refractivity contribution in [1.29, 1.82) is 0 Å². The maximum atomic E-state index is 13.6. The van der Waals surface area contributed by atoms with E-state index in [-0.39, 0.29) is 6.79 Å². The first kappa shape index (κ1) is 21.2. The molecule has 166 valence electrons. The van der Waals surface area contributed by atoms with E-state index in [0.29, 0.717) is 44.2 Å². The van der Waals surface area contributed by atoms with Crippen LogP contribution in [0, 0.1) is 29.1 Å². The van der Waals surface area contributed by atoms with Crippen molar-refractivity contribution in [2.75, 3.05) is 39.6 Å². The minimum Gasteiger partial charge on any atom is -0.477 e. The van der Waals surface area contributed by atoms with Gasteiger partial charge in [-0.25, -0.2) is 13.2 Å². The first-order valence-electron chi connectivity index (χ1n) is 9.38. The van der Waals surface area contributed by atoms with E-state index in [4.69, 9.17) is 9.47 Å². The molecule has 31 heavy (non-hydrogen) atoms. The zero-order valence-electron chi connectivity index (χ0n) is 16.1. The highest BCUT2D eigenvalue weighted by Crippen LogP contribution is 2.33. The molecule has 1 amide bonds. The van der Waals surface area contributed by atoms with Crippen LogP contribution in [0.4, 0.5) is 22.0 Å². The Balaban J connectivity index is 1.30. The predicted octanol–water partition coefficient (Wildman–Crippen LogP) is 2.83. The van der Waals surface area contributed by atoms with Crippen LogP contribution in [0.5, 0.6) is 17.2 Å². The lowest BCUT2D eigenvalue weighted by molar-refractivity contribution is -0.135. The SMILES string of the molecule is O=C(COc1c(F)c(F)c(F)c(F)c1F)N1CCN(Cc2ccc3c(c2)OCO3)CC1. The number of nitrogens with zero attached hydrogens (tertiary/aromatic N) is 2. The smallest absolute Gasteiger partial charge is 0.260 e. The second kappa shape index (κ2) is 8.58. The van der Waals surface area contributed by atoms with Crippen molar-refractivity contribution >= 4 is 5.91 Å². The fraction of sp³-hybridized carbons (Fsp3) is 0.350. The molecule has 0 unspecified atom stereocenters. The molecule has 2 aromatic carbocycles.